The number of nitrogens with one attached hydrogen (secondary N) is 1. The predicted molar refractivity (Wildman–Crippen MR) is 66.0 cm³/mol. The molecule has 0 unspecified atom stereocenters. The lowest BCUT2D eigenvalue weighted by atomic mass is 9.98. The van der Waals surface area contributed by atoms with Crippen LogP contribution in [0.25, 0.3) is 11.6 Å². The molecule has 0 atom stereocenters. The van der Waals surface area contributed by atoms with Gasteiger partial charge in [0, 0.05) is 18.7 Å². The van der Waals surface area contributed by atoms with Gasteiger partial charge in [-0.05, 0) is 38.9 Å². The van der Waals surface area contributed by atoms with Crippen LogP contribution >= 0.6 is 0 Å². The molecule has 1 fully saturated rings. The van der Waals surface area contributed by atoms with E-state index in [1.54, 1.807) is 6.20 Å². The maximum Gasteiger partial charge on any atom is 0.276 e. The molecule has 0 aromatic carbocycles. The van der Waals surface area contributed by atoms with Gasteiger partial charge in [-0.1, -0.05) is 5.16 Å². The van der Waals surface area contributed by atoms with Crippen molar-refractivity contribution in [2.75, 3.05) is 13.1 Å². The molecule has 6 nitrogen and oxygen atoms in total. The molecule has 18 heavy (non-hydrogen) atoms. The third-order valence-electron chi connectivity index (χ3n) is 3.38. The Morgan fingerprint density at radius 1 is 1.44 bits per heavy atom. The molecule has 0 spiro atoms. The zero-order valence-electron chi connectivity index (χ0n) is 10.5. The molecule has 2 aromatic rings. The van der Waals surface area contributed by atoms with Crippen molar-refractivity contribution in [3.63, 3.8) is 0 Å². The van der Waals surface area contributed by atoms with Gasteiger partial charge in [0.1, 0.15) is 5.69 Å². The fourth-order valence-corrected chi connectivity index (χ4v) is 2.35. The Hall–Kier alpha value is -1.69. The summed E-state index contributed by atoms with van der Waals surface area (Å²) < 4.78 is 7.22. The van der Waals surface area contributed by atoms with Crippen LogP contribution in [0.2, 0.25) is 0 Å². The first-order chi connectivity index (χ1) is 8.88. The summed E-state index contributed by atoms with van der Waals surface area (Å²) in [6.45, 7) is 4.90. The quantitative estimate of drug-likeness (QED) is 0.888. The molecule has 3 heterocycles. The van der Waals surface area contributed by atoms with Gasteiger partial charge in [0.25, 0.3) is 5.89 Å². The van der Waals surface area contributed by atoms with Crippen molar-refractivity contribution in [3.8, 4) is 11.6 Å². The molecule has 1 aliphatic rings. The van der Waals surface area contributed by atoms with Gasteiger partial charge < -0.3 is 9.84 Å². The summed E-state index contributed by atoms with van der Waals surface area (Å²) in [7, 11) is 0. The lowest BCUT2D eigenvalue weighted by Crippen LogP contribution is -2.27. The molecule has 96 valence electrons. The highest BCUT2D eigenvalue weighted by Gasteiger charge is 2.22. The van der Waals surface area contributed by atoms with Gasteiger partial charge in [0.2, 0.25) is 0 Å². The van der Waals surface area contributed by atoms with Crippen LogP contribution < -0.4 is 5.32 Å². The van der Waals surface area contributed by atoms with Crippen molar-refractivity contribution in [1.82, 2.24) is 25.2 Å². The van der Waals surface area contributed by atoms with E-state index < -0.39 is 0 Å². The standard InChI is InChI=1S/C12H17N5O/c1-2-17-10(5-8-14-17)12-15-11(16-18-12)9-3-6-13-7-4-9/h5,8-9,13H,2-4,6-7H2,1H3. The second-order valence-corrected chi connectivity index (χ2v) is 4.51. The molecule has 1 N–H and O–H groups in total. The fourth-order valence-electron chi connectivity index (χ4n) is 2.35. The molecule has 3 rings (SSSR count). The minimum Gasteiger partial charge on any atom is -0.332 e. The molecule has 0 radical (unpaired) electrons. The van der Waals surface area contributed by atoms with Crippen molar-refractivity contribution in [1.29, 1.82) is 0 Å². The van der Waals surface area contributed by atoms with Crippen molar-refractivity contribution in [2.45, 2.75) is 32.2 Å². The summed E-state index contributed by atoms with van der Waals surface area (Å²) in [6, 6.07) is 1.91. The van der Waals surface area contributed by atoms with Gasteiger partial charge in [-0.25, -0.2) is 0 Å². The molecule has 0 saturated carbocycles. The zero-order chi connectivity index (χ0) is 12.4. The monoisotopic (exact) mass is 247 g/mol. The van der Waals surface area contributed by atoms with Crippen LogP contribution in [0.5, 0.6) is 0 Å². The number of nitrogens with zero attached hydrogens (tertiary/aromatic N) is 4. The van der Waals surface area contributed by atoms with Crippen molar-refractivity contribution in [3.05, 3.63) is 18.1 Å². The average Bonchev–Trinajstić information content (AvgIpc) is 3.08. The average molecular weight is 247 g/mol. The minimum absolute atomic E-state index is 0.418. The summed E-state index contributed by atoms with van der Waals surface area (Å²) in [6.07, 6.45) is 3.91. The largest absolute Gasteiger partial charge is 0.332 e. The van der Waals surface area contributed by atoms with E-state index >= 15 is 0 Å². The van der Waals surface area contributed by atoms with E-state index in [-0.39, 0.29) is 0 Å². The van der Waals surface area contributed by atoms with E-state index in [0.717, 1.165) is 44.0 Å². The molecule has 1 aliphatic heterocycles. The Bertz CT molecular complexity index is 512. The van der Waals surface area contributed by atoms with E-state index in [2.05, 4.69) is 20.6 Å². The van der Waals surface area contributed by atoms with Crippen molar-refractivity contribution in [2.24, 2.45) is 0 Å². The van der Waals surface area contributed by atoms with E-state index in [9.17, 15) is 0 Å². The normalized spacial score (nSPS) is 17.2. The Balaban J connectivity index is 1.84. The maximum absolute atomic E-state index is 5.36. The number of hydrogen-bond acceptors (Lipinski definition) is 5. The Morgan fingerprint density at radius 2 is 2.28 bits per heavy atom. The first-order valence-electron chi connectivity index (χ1n) is 6.45. The number of hydrogen-bond donors (Lipinski definition) is 1. The smallest absolute Gasteiger partial charge is 0.276 e. The highest BCUT2D eigenvalue weighted by atomic mass is 16.5. The highest BCUT2D eigenvalue weighted by Crippen LogP contribution is 2.25. The summed E-state index contributed by atoms with van der Waals surface area (Å²) >= 11 is 0. The SMILES string of the molecule is CCn1nccc1-c1nc(C2CCNCC2)no1. The second kappa shape index (κ2) is 4.89. The molecule has 6 heteroatoms. The molecular formula is C12H17N5O. The van der Waals surface area contributed by atoms with Gasteiger partial charge >= 0.3 is 0 Å². The molecular weight excluding hydrogens is 230 g/mol. The maximum atomic E-state index is 5.36. The first kappa shape index (κ1) is 11.4. The summed E-state index contributed by atoms with van der Waals surface area (Å²) in [5.74, 6) is 1.82. The lowest BCUT2D eigenvalue weighted by molar-refractivity contribution is 0.390. The Morgan fingerprint density at radius 3 is 3.06 bits per heavy atom. The van der Waals surface area contributed by atoms with Crippen LogP contribution in [0.3, 0.4) is 0 Å². The first-order valence-corrected chi connectivity index (χ1v) is 6.45. The van der Waals surface area contributed by atoms with Crippen LogP contribution in [-0.4, -0.2) is 33.0 Å². The van der Waals surface area contributed by atoms with Crippen LogP contribution in [0.1, 0.15) is 31.5 Å². The molecule has 2 aromatic heterocycles. The number of aromatic nitrogens is 4. The highest BCUT2D eigenvalue weighted by molar-refractivity contribution is 5.46. The van der Waals surface area contributed by atoms with Gasteiger partial charge in [-0.15, -0.1) is 0 Å². The third-order valence-corrected chi connectivity index (χ3v) is 3.38. The molecule has 0 bridgehead atoms. The fraction of sp³-hybridized carbons (Fsp3) is 0.583. The van der Waals surface area contributed by atoms with Gasteiger partial charge in [0.05, 0.1) is 0 Å². The van der Waals surface area contributed by atoms with E-state index in [4.69, 9.17) is 4.52 Å². The second-order valence-electron chi connectivity index (χ2n) is 4.51. The molecule has 0 amide bonds. The molecule has 1 saturated heterocycles. The summed E-state index contributed by atoms with van der Waals surface area (Å²) in [4.78, 5) is 4.52. The van der Waals surface area contributed by atoms with Gasteiger partial charge in [0.15, 0.2) is 5.82 Å². The third kappa shape index (κ3) is 2.03. The van der Waals surface area contributed by atoms with E-state index in [0.29, 0.717) is 11.8 Å². The zero-order valence-corrected chi connectivity index (χ0v) is 10.5. The van der Waals surface area contributed by atoms with E-state index in [1.807, 2.05) is 17.7 Å². The van der Waals surface area contributed by atoms with Gasteiger partial charge in [-0.3, -0.25) is 4.68 Å². The Kier molecular flexibility index (Phi) is 3.10. The predicted octanol–water partition coefficient (Wildman–Crippen LogP) is 1.42. The lowest BCUT2D eigenvalue weighted by Gasteiger charge is -2.18. The summed E-state index contributed by atoms with van der Waals surface area (Å²) in [5, 5.41) is 11.7. The van der Waals surface area contributed by atoms with Gasteiger partial charge in [-0.2, -0.15) is 10.1 Å². The van der Waals surface area contributed by atoms with Crippen molar-refractivity contribution < 1.29 is 4.52 Å². The number of piperidine rings is 1. The number of aryl methyl sites for hydroxylation is 1. The topological polar surface area (TPSA) is 68.8 Å². The minimum atomic E-state index is 0.418. The van der Waals surface area contributed by atoms with E-state index in [1.165, 1.54) is 0 Å². The van der Waals surface area contributed by atoms with Crippen LogP contribution in [0.4, 0.5) is 0 Å². The summed E-state index contributed by atoms with van der Waals surface area (Å²) in [5.41, 5.74) is 0.894. The molecule has 0 aliphatic carbocycles. The van der Waals surface area contributed by atoms with Crippen LogP contribution in [0, 0.1) is 0 Å². The van der Waals surface area contributed by atoms with Crippen LogP contribution in [-0.2, 0) is 6.54 Å². The van der Waals surface area contributed by atoms with Crippen molar-refractivity contribution >= 4 is 0 Å². The van der Waals surface area contributed by atoms with Crippen LogP contribution in [0.15, 0.2) is 16.8 Å². The number of rotatable bonds is 3. The Labute approximate surface area is 105 Å².